The summed E-state index contributed by atoms with van der Waals surface area (Å²) < 4.78 is 11.5. The highest BCUT2D eigenvalue weighted by atomic mass is 35.5. The van der Waals surface area contributed by atoms with Gasteiger partial charge in [-0.2, -0.15) is 10.2 Å². The van der Waals surface area contributed by atoms with Crippen molar-refractivity contribution in [3.8, 4) is 23.6 Å². The number of carbonyl (C=O) groups excluding carboxylic acids is 1. The molecule has 3 rings (SSSR count). The lowest BCUT2D eigenvalue weighted by molar-refractivity contribution is -0.158. The first-order chi connectivity index (χ1) is 14.8. The normalized spacial score (nSPS) is 17.2. The first-order valence-electron chi connectivity index (χ1n) is 9.82. The number of carbonyl (C=O) groups is 1. The minimum absolute atomic E-state index is 0.143. The van der Waals surface area contributed by atoms with E-state index in [1.54, 1.807) is 52.0 Å². The molecule has 1 aromatic heterocycles. The molecular formula is C23H22Cl2N2O5. The smallest absolute Gasteiger partial charge is 0.242 e. The molecule has 7 nitrogen and oxygen atoms in total. The zero-order chi connectivity index (χ0) is 24.0. The molecule has 0 amide bonds. The highest BCUT2D eigenvalue weighted by molar-refractivity contribution is 6.38. The number of aryl methyl sites for hydroxylation is 1. The number of Topliss-reactive ketones (excluding diaryl/α,β-unsaturated/α-hetero) is 1. The summed E-state index contributed by atoms with van der Waals surface area (Å²) in [5.74, 6) is -1.14. The number of pyridine rings is 1. The van der Waals surface area contributed by atoms with Crippen LogP contribution in [0.25, 0.3) is 5.57 Å². The van der Waals surface area contributed by atoms with Gasteiger partial charge in [-0.15, -0.1) is 0 Å². The number of ether oxygens (including phenoxy) is 2. The predicted molar refractivity (Wildman–Crippen MR) is 120 cm³/mol. The fourth-order valence-electron chi connectivity index (χ4n) is 3.64. The lowest BCUT2D eigenvalue weighted by atomic mass is 9.81. The second-order valence-electron chi connectivity index (χ2n) is 8.31. The van der Waals surface area contributed by atoms with Crippen molar-refractivity contribution in [3.63, 3.8) is 0 Å². The van der Waals surface area contributed by atoms with Crippen LogP contribution >= 0.6 is 23.2 Å². The van der Waals surface area contributed by atoms with Gasteiger partial charge in [-0.1, -0.05) is 36.2 Å². The lowest BCUT2D eigenvalue weighted by Gasteiger charge is -2.40. The van der Waals surface area contributed by atoms with Crippen molar-refractivity contribution in [1.29, 1.82) is 5.26 Å². The number of ketones is 1. The van der Waals surface area contributed by atoms with Gasteiger partial charge in [0, 0.05) is 0 Å². The Kier molecular flexibility index (Phi) is 6.18. The van der Waals surface area contributed by atoms with Gasteiger partial charge in [0.2, 0.25) is 11.8 Å². The van der Waals surface area contributed by atoms with Crippen molar-refractivity contribution in [2.75, 3.05) is 0 Å². The van der Waals surface area contributed by atoms with Crippen LogP contribution in [0.2, 0.25) is 10.0 Å². The minimum Gasteiger partial charge on any atom is -0.508 e. The molecule has 0 fully saturated rings. The van der Waals surface area contributed by atoms with Gasteiger partial charge < -0.3 is 19.7 Å². The highest BCUT2D eigenvalue weighted by Crippen LogP contribution is 2.43. The number of aromatic nitrogens is 1. The largest absolute Gasteiger partial charge is 0.508 e. The average Bonchev–Trinajstić information content (AvgIpc) is 2.71. The zero-order valence-electron chi connectivity index (χ0n) is 18.2. The summed E-state index contributed by atoms with van der Waals surface area (Å²) in [5, 5.41) is 29.6. The highest BCUT2D eigenvalue weighted by Gasteiger charge is 2.47. The number of aromatic hydroxyl groups is 1. The van der Waals surface area contributed by atoms with Crippen molar-refractivity contribution in [2.45, 2.75) is 52.2 Å². The maximum absolute atomic E-state index is 13.2. The van der Waals surface area contributed by atoms with E-state index < -0.39 is 17.1 Å². The van der Waals surface area contributed by atoms with E-state index in [2.05, 4.69) is 4.98 Å². The summed E-state index contributed by atoms with van der Waals surface area (Å²) in [6.45, 7) is 8.60. The van der Waals surface area contributed by atoms with Crippen LogP contribution in [0.5, 0.6) is 17.5 Å². The van der Waals surface area contributed by atoms with Crippen LogP contribution in [0, 0.1) is 11.3 Å². The van der Waals surface area contributed by atoms with Crippen LogP contribution in [0.4, 0.5) is 0 Å². The Balaban J connectivity index is 2.17. The molecule has 0 spiro atoms. The Morgan fingerprint density at radius 3 is 2.41 bits per heavy atom. The van der Waals surface area contributed by atoms with Crippen molar-refractivity contribution >= 4 is 34.6 Å². The van der Waals surface area contributed by atoms with E-state index in [1.807, 2.05) is 6.92 Å². The van der Waals surface area contributed by atoms with Crippen LogP contribution in [0.1, 0.15) is 51.3 Å². The molecule has 168 valence electrons. The predicted octanol–water partition coefficient (Wildman–Crippen LogP) is 5.75. The third-order valence-corrected chi connectivity index (χ3v) is 5.89. The standard InChI is InChI=1S/C23H22Cl2N2O5/c1-6-11-7-8-12(31-21-17(25)14(10-26)16(24)20(30)27-21)9-13(11)15-18(28)22(2,3)32-23(4,5)19(15)29/h7-9,28H,6H2,1-5H3,(H,27,30). The fourth-order valence-corrected chi connectivity index (χ4v) is 4.08. The molecule has 0 saturated carbocycles. The Hall–Kier alpha value is -2.79. The minimum atomic E-state index is -1.15. The second kappa shape index (κ2) is 8.28. The van der Waals surface area contributed by atoms with Crippen molar-refractivity contribution in [1.82, 2.24) is 4.98 Å². The average molecular weight is 477 g/mol. The third-order valence-electron chi connectivity index (χ3n) is 5.18. The number of aliphatic hydroxyl groups is 1. The maximum Gasteiger partial charge on any atom is 0.242 e. The summed E-state index contributed by atoms with van der Waals surface area (Å²) in [4.78, 5) is 17.0. The van der Waals surface area contributed by atoms with E-state index in [-0.39, 0.29) is 44.4 Å². The number of nitrogens with zero attached hydrogens (tertiary/aromatic N) is 2. The Bertz CT molecular complexity index is 1200. The number of nitriles is 1. The van der Waals surface area contributed by atoms with Crippen LogP contribution < -0.4 is 4.74 Å². The molecule has 9 heteroatoms. The molecule has 0 aliphatic carbocycles. The van der Waals surface area contributed by atoms with E-state index >= 15 is 0 Å². The molecule has 32 heavy (non-hydrogen) atoms. The molecule has 0 bridgehead atoms. The molecule has 0 atom stereocenters. The van der Waals surface area contributed by atoms with Gasteiger partial charge in [-0.05, 0) is 57.4 Å². The van der Waals surface area contributed by atoms with Gasteiger partial charge in [0.15, 0.2) is 5.78 Å². The van der Waals surface area contributed by atoms with E-state index in [1.165, 1.54) is 0 Å². The topological polar surface area (TPSA) is 113 Å². The number of rotatable bonds is 4. The summed E-state index contributed by atoms with van der Waals surface area (Å²) in [6, 6.07) is 6.76. The molecular weight excluding hydrogens is 455 g/mol. The maximum atomic E-state index is 13.2. The molecule has 0 radical (unpaired) electrons. The number of aliphatic hydroxyl groups excluding tert-OH is 1. The summed E-state index contributed by atoms with van der Waals surface area (Å²) in [6.07, 6.45) is 0.584. The number of benzene rings is 1. The number of halogens is 2. The molecule has 0 saturated heterocycles. The van der Waals surface area contributed by atoms with E-state index in [0.29, 0.717) is 12.0 Å². The van der Waals surface area contributed by atoms with Crippen molar-refractivity contribution in [3.05, 3.63) is 50.7 Å². The quantitative estimate of drug-likeness (QED) is 0.577. The van der Waals surface area contributed by atoms with Crippen LogP contribution in [-0.4, -0.2) is 32.2 Å². The van der Waals surface area contributed by atoms with Gasteiger partial charge in [0.05, 0.1) is 5.57 Å². The second-order valence-corrected chi connectivity index (χ2v) is 9.06. The van der Waals surface area contributed by atoms with Gasteiger partial charge in [0.25, 0.3) is 0 Å². The molecule has 2 heterocycles. The Morgan fingerprint density at radius 1 is 1.16 bits per heavy atom. The van der Waals surface area contributed by atoms with Gasteiger partial charge in [-0.3, -0.25) is 4.79 Å². The van der Waals surface area contributed by atoms with Crippen LogP contribution in [-0.2, 0) is 16.0 Å². The van der Waals surface area contributed by atoms with E-state index in [9.17, 15) is 20.3 Å². The summed E-state index contributed by atoms with van der Waals surface area (Å²) in [7, 11) is 0. The van der Waals surface area contributed by atoms with Crippen molar-refractivity contribution < 1.29 is 24.5 Å². The Labute approximate surface area is 195 Å². The van der Waals surface area contributed by atoms with Gasteiger partial charge in [0.1, 0.15) is 44.4 Å². The van der Waals surface area contributed by atoms with Crippen LogP contribution in [0.3, 0.4) is 0 Å². The van der Waals surface area contributed by atoms with Crippen LogP contribution in [0.15, 0.2) is 24.0 Å². The molecule has 1 aliphatic heterocycles. The van der Waals surface area contributed by atoms with Gasteiger partial charge >= 0.3 is 0 Å². The molecule has 2 N–H and O–H groups in total. The van der Waals surface area contributed by atoms with Crippen molar-refractivity contribution in [2.24, 2.45) is 0 Å². The third kappa shape index (κ3) is 4.02. The fraction of sp³-hybridized carbons (Fsp3) is 0.348. The first kappa shape index (κ1) is 23.9. The molecule has 1 aliphatic rings. The molecule has 1 aromatic carbocycles. The lowest BCUT2D eigenvalue weighted by Crippen LogP contribution is -2.49. The summed E-state index contributed by atoms with van der Waals surface area (Å²) in [5.41, 5.74) is -0.984. The zero-order valence-corrected chi connectivity index (χ0v) is 19.7. The summed E-state index contributed by atoms with van der Waals surface area (Å²) >= 11 is 12.0. The van der Waals surface area contributed by atoms with E-state index in [0.717, 1.165) is 5.56 Å². The molecule has 2 aromatic rings. The van der Waals surface area contributed by atoms with E-state index in [4.69, 9.17) is 32.7 Å². The molecule has 0 unspecified atom stereocenters. The SMILES string of the molecule is CCc1ccc(Oc2nc(O)c(Cl)c(C#N)c2Cl)cc1C1=C(O)C(C)(C)OC(C)(C)C1=O. The first-order valence-corrected chi connectivity index (χ1v) is 10.6. The monoisotopic (exact) mass is 476 g/mol. The van der Waals surface area contributed by atoms with Gasteiger partial charge in [-0.25, -0.2) is 0 Å². The number of hydrogen-bond acceptors (Lipinski definition) is 7. The Morgan fingerprint density at radius 2 is 1.81 bits per heavy atom. The number of hydrogen-bond donors (Lipinski definition) is 2.